The van der Waals surface area contributed by atoms with Crippen LogP contribution in [0, 0.1) is 11.8 Å². The van der Waals surface area contributed by atoms with Gasteiger partial charge >= 0.3 is 0 Å². The van der Waals surface area contributed by atoms with E-state index < -0.39 is 0 Å². The number of methoxy groups -OCH3 is 1. The zero-order valence-corrected chi connectivity index (χ0v) is 23.9. The van der Waals surface area contributed by atoms with Gasteiger partial charge in [0.05, 0.1) is 24.1 Å². The zero-order chi connectivity index (χ0) is 27.6. The van der Waals surface area contributed by atoms with E-state index in [1.165, 1.54) is 19.3 Å². The lowest BCUT2D eigenvalue weighted by atomic mass is 9.79. The van der Waals surface area contributed by atoms with E-state index in [4.69, 9.17) is 4.74 Å². The quantitative estimate of drug-likeness (QED) is 0.248. The summed E-state index contributed by atoms with van der Waals surface area (Å²) in [6.45, 7) is 5.31. The van der Waals surface area contributed by atoms with Crippen molar-refractivity contribution < 1.29 is 9.53 Å². The molecule has 6 nitrogen and oxygen atoms in total. The summed E-state index contributed by atoms with van der Waals surface area (Å²) < 4.78 is 8.09. The molecule has 2 aromatic rings. The van der Waals surface area contributed by atoms with Crippen LogP contribution < -0.4 is 4.74 Å². The molecule has 2 aliphatic heterocycles. The van der Waals surface area contributed by atoms with E-state index >= 15 is 0 Å². The first kappa shape index (κ1) is 26.5. The van der Waals surface area contributed by atoms with Crippen LogP contribution in [0.15, 0.2) is 67.1 Å². The van der Waals surface area contributed by atoms with Crippen molar-refractivity contribution in [3.63, 3.8) is 0 Å². The number of rotatable bonds is 7. The van der Waals surface area contributed by atoms with Gasteiger partial charge in [-0.05, 0) is 67.7 Å². The summed E-state index contributed by atoms with van der Waals surface area (Å²) in [5.74, 6) is 2.08. The van der Waals surface area contributed by atoms with Gasteiger partial charge in [-0.1, -0.05) is 63.1 Å². The molecule has 2 fully saturated rings. The first-order valence-corrected chi connectivity index (χ1v) is 14.9. The third kappa shape index (κ3) is 5.24. The maximum Gasteiger partial charge on any atom is 0.258 e. The molecule has 2 atom stereocenters. The Morgan fingerprint density at radius 2 is 1.70 bits per heavy atom. The second-order valence-electron chi connectivity index (χ2n) is 12.0. The van der Waals surface area contributed by atoms with Crippen molar-refractivity contribution in [2.45, 2.75) is 77.4 Å². The monoisotopic (exact) mass is 536 g/mol. The van der Waals surface area contributed by atoms with Crippen LogP contribution >= 0.6 is 0 Å². The molecule has 40 heavy (non-hydrogen) atoms. The van der Waals surface area contributed by atoms with Gasteiger partial charge in [-0.2, -0.15) is 0 Å². The molecule has 0 aromatic heterocycles. The molecular weight excluding hydrogens is 496 g/mol. The highest BCUT2D eigenvalue weighted by molar-refractivity contribution is 5.97. The van der Waals surface area contributed by atoms with Crippen LogP contribution in [0.2, 0.25) is 0 Å². The van der Waals surface area contributed by atoms with Crippen LogP contribution in [0.4, 0.5) is 0 Å². The summed E-state index contributed by atoms with van der Waals surface area (Å²) in [5.41, 5.74) is 5.64. The molecule has 1 amide bonds. The van der Waals surface area contributed by atoms with E-state index in [-0.39, 0.29) is 5.91 Å². The van der Waals surface area contributed by atoms with Crippen molar-refractivity contribution >= 4 is 5.91 Å². The van der Waals surface area contributed by atoms with Crippen LogP contribution in [0.25, 0.3) is 22.6 Å². The molecule has 4 aliphatic rings. The second-order valence-corrected chi connectivity index (χ2v) is 12.0. The van der Waals surface area contributed by atoms with E-state index in [2.05, 4.69) is 57.7 Å². The van der Waals surface area contributed by atoms with Crippen molar-refractivity contribution in [3.8, 4) is 28.4 Å². The molecule has 2 heterocycles. The first-order valence-electron chi connectivity index (χ1n) is 14.9. The molecule has 2 unspecified atom stereocenters. The van der Waals surface area contributed by atoms with Gasteiger partial charge in [0.2, 0.25) is 0 Å². The Balaban J connectivity index is 1.33. The minimum absolute atomic E-state index is 0.132. The van der Waals surface area contributed by atoms with Crippen LogP contribution in [0.3, 0.4) is 0 Å². The zero-order valence-electron chi connectivity index (χ0n) is 23.9. The standard InChI is InChI=1S/C34H40N4O2/c1-23-17-24(2)19-28(18-23)38(27-11-7-8-12-27)34(39)29-14-13-25(20-31(29)40-3)21-37-16-15-30-32(36-22-35-30)33(37)26-9-5-4-6-10-26/h4-6,9-10,13-16,20,22-24,27-28H,7-8,11-12,17-19,21H2,1-3H3. The van der Waals surface area contributed by atoms with Crippen LogP contribution in [0.1, 0.15) is 74.7 Å². The maximum atomic E-state index is 14.3. The number of benzene rings is 2. The molecule has 0 spiro atoms. The summed E-state index contributed by atoms with van der Waals surface area (Å²) in [7, 11) is 1.68. The smallest absolute Gasteiger partial charge is 0.258 e. The predicted molar refractivity (Wildman–Crippen MR) is 159 cm³/mol. The van der Waals surface area contributed by atoms with Gasteiger partial charge in [0.25, 0.3) is 5.91 Å². The molecular formula is C34H40N4O2. The highest BCUT2D eigenvalue weighted by atomic mass is 16.5. The van der Waals surface area contributed by atoms with E-state index in [0.717, 1.165) is 53.9 Å². The minimum atomic E-state index is 0.132. The number of imidazole rings is 1. The number of pyridine rings is 1. The Labute approximate surface area is 237 Å². The molecule has 0 saturated heterocycles. The molecule has 2 aliphatic carbocycles. The Kier molecular flexibility index (Phi) is 7.59. The average Bonchev–Trinajstić information content (AvgIpc) is 3.66. The van der Waals surface area contributed by atoms with Crippen LogP contribution in [-0.4, -0.2) is 44.5 Å². The third-order valence-corrected chi connectivity index (χ3v) is 8.95. The molecule has 2 saturated carbocycles. The fourth-order valence-electron chi connectivity index (χ4n) is 7.27. The topological polar surface area (TPSA) is 60.2 Å². The fraction of sp³-hybridized carbons (Fsp3) is 0.441. The lowest BCUT2D eigenvalue weighted by Crippen LogP contribution is -2.49. The number of hydrogen-bond donors (Lipinski definition) is 0. The van der Waals surface area contributed by atoms with Crippen molar-refractivity contribution in [2.75, 3.05) is 7.11 Å². The average molecular weight is 537 g/mol. The van der Waals surface area contributed by atoms with Crippen molar-refractivity contribution in [1.29, 1.82) is 0 Å². The molecule has 208 valence electrons. The summed E-state index contributed by atoms with van der Waals surface area (Å²) in [4.78, 5) is 25.5. The van der Waals surface area contributed by atoms with Gasteiger partial charge in [0.1, 0.15) is 17.8 Å². The number of aromatic nitrogens is 3. The Morgan fingerprint density at radius 3 is 2.42 bits per heavy atom. The van der Waals surface area contributed by atoms with Crippen molar-refractivity contribution in [1.82, 2.24) is 19.4 Å². The van der Waals surface area contributed by atoms with Crippen LogP contribution in [0.5, 0.6) is 5.75 Å². The SMILES string of the molecule is COc1cc(Cn2ccc3ncnc-3c2-c2ccccc2)ccc1C(=O)N(C1CCCC1)C1CC(C)CC(C)C1. The second kappa shape index (κ2) is 11.4. The number of fused-ring (bicyclic) bond motifs is 1. The minimum Gasteiger partial charge on any atom is -0.496 e. The number of hydrogen-bond acceptors (Lipinski definition) is 4. The van der Waals surface area contributed by atoms with Crippen LogP contribution in [-0.2, 0) is 6.54 Å². The number of ether oxygens (including phenoxy) is 1. The molecule has 6 heteroatoms. The molecule has 0 N–H and O–H groups in total. The number of nitrogens with zero attached hydrogens (tertiary/aromatic N) is 4. The number of carbonyl (C=O) groups is 1. The molecule has 2 aromatic carbocycles. The summed E-state index contributed by atoms with van der Waals surface area (Å²) in [6.07, 6.45) is 11.8. The van der Waals surface area contributed by atoms with Gasteiger partial charge in [0, 0.05) is 30.4 Å². The Morgan fingerprint density at radius 1 is 0.950 bits per heavy atom. The molecule has 0 bridgehead atoms. The predicted octanol–water partition coefficient (Wildman–Crippen LogP) is 7.32. The summed E-state index contributed by atoms with van der Waals surface area (Å²) in [6, 6.07) is 19.1. The van der Waals surface area contributed by atoms with Crippen molar-refractivity contribution in [2.24, 2.45) is 11.8 Å². The van der Waals surface area contributed by atoms with E-state index in [1.807, 2.05) is 36.4 Å². The van der Waals surface area contributed by atoms with Gasteiger partial charge in [-0.25, -0.2) is 9.97 Å². The first-order chi connectivity index (χ1) is 19.5. The van der Waals surface area contributed by atoms with E-state index in [9.17, 15) is 4.79 Å². The largest absolute Gasteiger partial charge is 0.496 e. The van der Waals surface area contributed by atoms with E-state index in [0.29, 0.717) is 41.8 Å². The maximum absolute atomic E-state index is 14.3. The fourth-order valence-corrected chi connectivity index (χ4v) is 7.27. The van der Waals surface area contributed by atoms with E-state index in [1.54, 1.807) is 13.4 Å². The molecule has 0 radical (unpaired) electrons. The van der Waals surface area contributed by atoms with Gasteiger partial charge in [0.15, 0.2) is 0 Å². The lowest BCUT2D eigenvalue weighted by molar-refractivity contribution is 0.0426. The van der Waals surface area contributed by atoms with Gasteiger partial charge in [-0.3, -0.25) is 4.79 Å². The van der Waals surface area contributed by atoms with Gasteiger partial charge < -0.3 is 14.2 Å². The van der Waals surface area contributed by atoms with Gasteiger partial charge in [-0.15, -0.1) is 0 Å². The number of amides is 1. The number of carbonyl (C=O) groups excluding carboxylic acids is 1. The Bertz CT molecular complexity index is 1410. The summed E-state index contributed by atoms with van der Waals surface area (Å²) in [5, 5.41) is 0. The highest BCUT2D eigenvalue weighted by Gasteiger charge is 2.37. The third-order valence-electron chi connectivity index (χ3n) is 8.95. The normalized spacial score (nSPS) is 21.5. The van der Waals surface area contributed by atoms with Crippen molar-refractivity contribution in [3.05, 3.63) is 78.2 Å². The highest BCUT2D eigenvalue weighted by Crippen LogP contribution is 2.38. The summed E-state index contributed by atoms with van der Waals surface area (Å²) >= 11 is 0. The Hall–Kier alpha value is -3.67. The molecule has 6 rings (SSSR count). The lowest BCUT2D eigenvalue weighted by Gasteiger charge is -2.42.